The molecule has 2 rings (SSSR count). The van der Waals surface area contributed by atoms with Crippen molar-refractivity contribution < 1.29 is 29.1 Å². The number of benzene rings is 1. The molecule has 186 valence electrons. The van der Waals surface area contributed by atoms with Crippen LogP contribution in [-0.2, 0) is 30.4 Å². The normalized spacial score (nSPS) is 18.8. The van der Waals surface area contributed by atoms with E-state index in [1.54, 1.807) is 24.3 Å². The number of nitrogens with two attached hydrogens (primary N) is 1. The number of likely N-dealkylation sites (tertiary alicyclic amines) is 1. The number of carboxylic acid groups (broad SMARTS) is 1. The molecular formula is C23H33N5O6. The highest BCUT2D eigenvalue weighted by molar-refractivity contribution is 5.95. The number of carboxylic acids is 1. The van der Waals surface area contributed by atoms with Crippen LogP contribution in [-0.4, -0.2) is 76.4 Å². The van der Waals surface area contributed by atoms with E-state index in [4.69, 9.17) is 5.73 Å². The zero-order valence-electron chi connectivity index (χ0n) is 19.6. The van der Waals surface area contributed by atoms with Gasteiger partial charge in [0.25, 0.3) is 0 Å². The topological polar surface area (TPSA) is 171 Å². The molecule has 5 atom stereocenters. The van der Waals surface area contributed by atoms with Gasteiger partial charge >= 0.3 is 5.97 Å². The maximum absolute atomic E-state index is 13.0. The molecule has 4 amide bonds. The molecule has 11 nitrogen and oxygen atoms in total. The van der Waals surface area contributed by atoms with Crippen LogP contribution in [0.2, 0.25) is 0 Å². The van der Waals surface area contributed by atoms with Gasteiger partial charge in [0.2, 0.25) is 23.6 Å². The summed E-state index contributed by atoms with van der Waals surface area (Å²) in [6.45, 7) is 4.75. The molecule has 0 radical (unpaired) electrons. The molecule has 1 aliphatic rings. The molecule has 1 heterocycles. The predicted octanol–water partition coefficient (Wildman–Crippen LogP) is -0.854. The van der Waals surface area contributed by atoms with Crippen molar-refractivity contribution in [1.29, 1.82) is 0 Å². The van der Waals surface area contributed by atoms with Crippen LogP contribution in [0.1, 0.15) is 39.2 Å². The fourth-order valence-corrected chi connectivity index (χ4v) is 3.68. The number of hydrogen-bond acceptors (Lipinski definition) is 6. The Kier molecular flexibility index (Phi) is 9.55. The number of amides is 4. The first kappa shape index (κ1) is 26.8. The van der Waals surface area contributed by atoms with E-state index >= 15 is 0 Å². The summed E-state index contributed by atoms with van der Waals surface area (Å²) in [6, 6.07) is 4.32. The lowest BCUT2D eigenvalue weighted by Crippen LogP contribution is -2.57. The molecule has 11 heteroatoms. The van der Waals surface area contributed by atoms with E-state index in [2.05, 4.69) is 16.0 Å². The highest BCUT2D eigenvalue weighted by Gasteiger charge is 2.38. The van der Waals surface area contributed by atoms with Gasteiger partial charge in [-0.25, -0.2) is 4.79 Å². The minimum absolute atomic E-state index is 0.111. The van der Waals surface area contributed by atoms with Crippen molar-refractivity contribution in [1.82, 2.24) is 20.9 Å². The molecule has 1 aromatic rings. The third-order valence-corrected chi connectivity index (χ3v) is 5.63. The highest BCUT2D eigenvalue weighted by Crippen LogP contribution is 2.19. The lowest BCUT2D eigenvalue weighted by atomic mass is 10.1. The van der Waals surface area contributed by atoms with Crippen LogP contribution in [0.15, 0.2) is 30.3 Å². The predicted molar refractivity (Wildman–Crippen MR) is 123 cm³/mol. The van der Waals surface area contributed by atoms with Gasteiger partial charge in [0, 0.05) is 13.0 Å². The molecule has 1 fully saturated rings. The van der Waals surface area contributed by atoms with E-state index in [-0.39, 0.29) is 6.42 Å². The summed E-state index contributed by atoms with van der Waals surface area (Å²) >= 11 is 0. The number of nitrogens with one attached hydrogen (secondary N) is 3. The molecule has 0 aromatic heterocycles. The Labute approximate surface area is 198 Å². The number of carbonyl (C=O) groups excluding carboxylic acids is 4. The van der Waals surface area contributed by atoms with Crippen molar-refractivity contribution >= 4 is 29.6 Å². The first-order chi connectivity index (χ1) is 16.0. The average Bonchev–Trinajstić information content (AvgIpc) is 3.28. The molecule has 0 aliphatic carbocycles. The van der Waals surface area contributed by atoms with Crippen molar-refractivity contribution in [3.05, 3.63) is 35.9 Å². The van der Waals surface area contributed by atoms with Crippen LogP contribution in [0.3, 0.4) is 0 Å². The van der Waals surface area contributed by atoms with Crippen molar-refractivity contribution in [3.8, 4) is 0 Å². The van der Waals surface area contributed by atoms with E-state index in [9.17, 15) is 29.1 Å². The van der Waals surface area contributed by atoms with Gasteiger partial charge in [0.1, 0.15) is 24.2 Å². The number of hydrogen-bond donors (Lipinski definition) is 5. The fraction of sp³-hybridized carbons (Fsp3) is 0.522. The first-order valence-corrected chi connectivity index (χ1v) is 11.2. The lowest BCUT2D eigenvalue weighted by molar-refractivity contribution is -0.144. The summed E-state index contributed by atoms with van der Waals surface area (Å²) in [5, 5.41) is 17.1. The summed E-state index contributed by atoms with van der Waals surface area (Å²) < 4.78 is 0. The Morgan fingerprint density at radius 1 is 1.00 bits per heavy atom. The molecule has 0 bridgehead atoms. The molecule has 1 saturated heterocycles. The van der Waals surface area contributed by atoms with Crippen LogP contribution < -0.4 is 21.7 Å². The van der Waals surface area contributed by atoms with Gasteiger partial charge in [0.15, 0.2) is 0 Å². The molecule has 34 heavy (non-hydrogen) atoms. The van der Waals surface area contributed by atoms with Gasteiger partial charge in [-0.1, -0.05) is 30.3 Å². The molecule has 6 N–H and O–H groups in total. The highest BCUT2D eigenvalue weighted by atomic mass is 16.4. The van der Waals surface area contributed by atoms with E-state index < -0.39 is 59.8 Å². The van der Waals surface area contributed by atoms with Crippen LogP contribution in [0.5, 0.6) is 0 Å². The molecule has 1 aromatic carbocycles. The van der Waals surface area contributed by atoms with Gasteiger partial charge in [-0.15, -0.1) is 0 Å². The van der Waals surface area contributed by atoms with Gasteiger partial charge in [-0.2, -0.15) is 0 Å². The second-order valence-electron chi connectivity index (χ2n) is 8.53. The minimum Gasteiger partial charge on any atom is -0.480 e. The van der Waals surface area contributed by atoms with Gasteiger partial charge < -0.3 is 31.7 Å². The number of aliphatic carboxylic acids is 1. The van der Waals surface area contributed by atoms with Gasteiger partial charge in [-0.3, -0.25) is 19.2 Å². The summed E-state index contributed by atoms with van der Waals surface area (Å²) in [7, 11) is 0. The Morgan fingerprint density at radius 3 is 2.21 bits per heavy atom. The molecule has 0 saturated carbocycles. The SMILES string of the molecule is C[C@H](N)C(=O)N[C@@H](C)C(=O)N[C@@H](C)C(=O)N1CCC[C@H]1C(=O)N[C@@H](Cc1ccccc1)C(=O)O. The number of rotatable bonds is 10. The maximum atomic E-state index is 13.0. The summed E-state index contributed by atoms with van der Waals surface area (Å²) in [5.41, 5.74) is 6.24. The quantitative estimate of drug-likeness (QED) is 0.293. The Morgan fingerprint density at radius 2 is 1.62 bits per heavy atom. The summed E-state index contributed by atoms with van der Waals surface area (Å²) in [5.74, 6) is -3.25. The Bertz CT molecular complexity index is 906. The van der Waals surface area contributed by atoms with Crippen molar-refractivity contribution in [2.45, 2.75) is 70.2 Å². The fourth-order valence-electron chi connectivity index (χ4n) is 3.68. The Hall–Kier alpha value is -3.47. The summed E-state index contributed by atoms with van der Waals surface area (Å²) in [6.07, 6.45) is 1.07. The molecule has 1 aliphatic heterocycles. The Balaban J connectivity index is 1.98. The molecule has 0 unspecified atom stereocenters. The molecule has 0 spiro atoms. The summed E-state index contributed by atoms with van der Waals surface area (Å²) in [4.78, 5) is 62.9. The lowest BCUT2D eigenvalue weighted by Gasteiger charge is -2.28. The zero-order chi connectivity index (χ0) is 25.4. The van der Waals surface area contributed by atoms with Gasteiger partial charge in [0.05, 0.1) is 6.04 Å². The first-order valence-electron chi connectivity index (χ1n) is 11.2. The van der Waals surface area contributed by atoms with Crippen LogP contribution in [0.25, 0.3) is 0 Å². The van der Waals surface area contributed by atoms with E-state index in [1.807, 2.05) is 6.07 Å². The van der Waals surface area contributed by atoms with Crippen molar-refractivity contribution in [2.75, 3.05) is 6.54 Å². The third-order valence-electron chi connectivity index (χ3n) is 5.63. The van der Waals surface area contributed by atoms with E-state index in [0.717, 1.165) is 5.56 Å². The van der Waals surface area contributed by atoms with Crippen LogP contribution in [0, 0.1) is 0 Å². The zero-order valence-corrected chi connectivity index (χ0v) is 19.6. The second kappa shape index (κ2) is 12.1. The standard InChI is InChI=1S/C23H33N5O6/c1-13(24)19(29)25-14(2)20(30)26-15(3)22(32)28-11-7-10-18(28)21(31)27-17(23(33)34)12-16-8-5-4-6-9-16/h4-6,8-9,13-15,17-18H,7,10-12,24H2,1-3H3,(H,25,29)(H,26,30)(H,27,31)(H,33,34)/t13-,14-,15-,17-,18-/m0/s1. The third kappa shape index (κ3) is 7.27. The van der Waals surface area contributed by atoms with Gasteiger partial charge in [-0.05, 0) is 39.2 Å². The number of nitrogens with zero attached hydrogens (tertiary/aromatic N) is 1. The average molecular weight is 476 g/mol. The van der Waals surface area contributed by atoms with E-state index in [1.165, 1.54) is 25.7 Å². The van der Waals surface area contributed by atoms with Crippen molar-refractivity contribution in [2.24, 2.45) is 5.73 Å². The monoisotopic (exact) mass is 475 g/mol. The van der Waals surface area contributed by atoms with Crippen LogP contribution in [0.4, 0.5) is 0 Å². The van der Waals surface area contributed by atoms with E-state index in [0.29, 0.717) is 19.4 Å². The maximum Gasteiger partial charge on any atom is 0.326 e. The van der Waals surface area contributed by atoms with Crippen LogP contribution >= 0.6 is 0 Å². The van der Waals surface area contributed by atoms with Crippen molar-refractivity contribution in [3.63, 3.8) is 0 Å². The largest absolute Gasteiger partial charge is 0.480 e. The molecular weight excluding hydrogens is 442 g/mol. The second-order valence-corrected chi connectivity index (χ2v) is 8.53. The smallest absolute Gasteiger partial charge is 0.326 e. The number of carbonyl (C=O) groups is 5. The minimum atomic E-state index is -1.17.